The summed E-state index contributed by atoms with van der Waals surface area (Å²) in [6.45, 7) is 27.9. The summed E-state index contributed by atoms with van der Waals surface area (Å²) in [5.41, 5.74) is 2.74. The van der Waals surface area contributed by atoms with Crippen LogP contribution in [0.4, 0.5) is 0 Å². The predicted octanol–water partition coefficient (Wildman–Crippen LogP) is 17.6. The van der Waals surface area contributed by atoms with Crippen LogP contribution in [0.1, 0.15) is 200 Å². The Hall–Kier alpha value is -2.82. The smallest absolute Gasteiger partial charge is 0.102 e. The summed E-state index contributed by atoms with van der Waals surface area (Å²) >= 11 is 0. The zero-order valence-corrected chi connectivity index (χ0v) is 34.5. The van der Waals surface area contributed by atoms with Gasteiger partial charge >= 0.3 is 0 Å². The summed E-state index contributed by atoms with van der Waals surface area (Å²) in [7, 11) is 0. The zero-order valence-electron chi connectivity index (χ0n) is 34.5. The fourth-order valence-electron chi connectivity index (χ4n) is 4.98. The molecule has 2 aromatic rings. The number of hydrogen-bond acceptors (Lipinski definition) is 0. The zero-order chi connectivity index (χ0) is 37.8. The normalized spacial score (nSPS) is 11.4. The molecule has 0 aliphatic heterocycles. The van der Waals surface area contributed by atoms with Crippen LogP contribution in [0, 0.1) is 13.5 Å². The molecular weight excluding hydrogens is 601 g/mol. The fourth-order valence-corrected chi connectivity index (χ4v) is 4.98. The van der Waals surface area contributed by atoms with Crippen LogP contribution in [0.25, 0.3) is 0 Å². The SMILES string of the molecule is C=CC(C)c1ccccc1.CC.CCCCCC/C=C/C(C)c1ccccc1.[CH+]=CCCCCCC.[CH2+]CCCCC/C=C/CCCCCC. The van der Waals surface area contributed by atoms with E-state index in [0.29, 0.717) is 11.8 Å². The Balaban J connectivity index is -0.000000597. The van der Waals surface area contributed by atoms with Crippen molar-refractivity contribution in [1.29, 1.82) is 0 Å². The molecule has 0 aliphatic rings. The van der Waals surface area contributed by atoms with Crippen LogP contribution in [0.15, 0.2) is 104 Å². The quantitative estimate of drug-likeness (QED) is 0.0586. The minimum atomic E-state index is 0.473. The first-order valence-electron chi connectivity index (χ1n) is 20.9. The van der Waals surface area contributed by atoms with E-state index in [-0.39, 0.29) is 0 Å². The van der Waals surface area contributed by atoms with Crippen molar-refractivity contribution in [1.82, 2.24) is 0 Å². The summed E-state index contributed by atoms with van der Waals surface area (Å²) in [6.07, 6.45) is 39.3. The van der Waals surface area contributed by atoms with Gasteiger partial charge in [0.15, 0.2) is 6.08 Å². The van der Waals surface area contributed by atoms with Gasteiger partial charge < -0.3 is 0 Å². The van der Waals surface area contributed by atoms with Gasteiger partial charge in [0.05, 0.1) is 13.3 Å². The molecule has 0 aliphatic carbocycles. The van der Waals surface area contributed by atoms with Crippen molar-refractivity contribution in [2.24, 2.45) is 0 Å². The molecule has 0 bridgehead atoms. The predicted molar refractivity (Wildman–Crippen MR) is 233 cm³/mol. The van der Waals surface area contributed by atoms with Crippen LogP contribution in [0.3, 0.4) is 0 Å². The lowest BCUT2D eigenvalue weighted by molar-refractivity contribution is 0.670. The van der Waals surface area contributed by atoms with E-state index in [2.05, 4.69) is 127 Å². The molecule has 2 atom stereocenters. The standard InChI is InChI=1S/C16H24.C14H27.C10H12.C8H15.C2H6/c1-3-4-5-6-7-9-12-15(2)16-13-10-8-11-14-16;1-3-5-7-9-11-13-14-12-10-8-6-4-2;1-3-9(2)10-7-5-4-6-8-10;1-3-5-7-8-6-4-2;1-2/h8-15H,3-7H2,1-2H3;13-14H,1,3-12H2,2H3;3-9H,1H2,2H3;1,3H,4-8H2,2H3;1-2H3/q;+1;;+1;/b12-9+;14-13+;;;. The lowest BCUT2D eigenvalue weighted by Gasteiger charge is -2.05. The van der Waals surface area contributed by atoms with Crippen LogP contribution in [0.2, 0.25) is 0 Å². The molecule has 0 heterocycles. The largest absolute Gasteiger partial charge is 0.201 e. The fraction of sp³-hybridized carbons (Fsp3) is 0.580. The molecule has 282 valence electrons. The topological polar surface area (TPSA) is 0 Å². The Bertz CT molecular complexity index is 921. The first-order valence-corrected chi connectivity index (χ1v) is 20.9. The van der Waals surface area contributed by atoms with Crippen LogP contribution < -0.4 is 0 Å². The second-order valence-electron chi connectivity index (χ2n) is 13.0. The molecule has 0 nitrogen and oxygen atoms in total. The van der Waals surface area contributed by atoms with Crippen molar-refractivity contribution in [3.8, 4) is 0 Å². The molecule has 2 rings (SSSR count). The maximum absolute atomic E-state index is 5.19. The lowest BCUT2D eigenvalue weighted by atomic mass is 10.0. The Labute approximate surface area is 316 Å². The second kappa shape index (κ2) is 46.2. The van der Waals surface area contributed by atoms with E-state index in [4.69, 9.17) is 6.58 Å². The van der Waals surface area contributed by atoms with Crippen molar-refractivity contribution in [3.05, 3.63) is 128 Å². The first kappa shape index (κ1) is 51.5. The van der Waals surface area contributed by atoms with Gasteiger partial charge in [-0.3, -0.25) is 0 Å². The third-order valence-corrected chi connectivity index (χ3v) is 8.39. The molecular formula is C50H84+2. The van der Waals surface area contributed by atoms with Gasteiger partial charge in [-0.25, -0.2) is 0 Å². The van der Waals surface area contributed by atoms with E-state index >= 15 is 0 Å². The van der Waals surface area contributed by atoms with Crippen molar-refractivity contribution < 1.29 is 0 Å². The molecule has 0 saturated heterocycles. The minimum Gasteiger partial charge on any atom is -0.102 e. The van der Waals surface area contributed by atoms with Gasteiger partial charge in [0, 0.05) is 6.42 Å². The van der Waals surface area contributed by atoms with Gasteiger partial charge in [-0.2, -0.15) is 0 Å². The highest BCUT2D eigenvalue weighted by Gasteiger charge is 1.99. The summed E-state index contributed by atoms with van der Waals surface area (Å²) in [5.74, 6) is 1.02. The third-order valence-electron chi connectivity index (χ3n) is 8.39. The van der Waals surface area contributed by atoms with Crippen LogP contribution >= 0.6 is 0 Å². The molecule has 2 aromatic carbocycles. The summed E-state index contributed by atoms with van der Waals surface area (Å²) in [4.78, 5) is 0. The number of benzene rings is 2. The molecule has 2 unspecified atom stereocenters. The highest BCUT2D eigenvalue weighted by molar-refractivity contribution is 5.23. The molecule has 0 fully saturated rings. The van der Waals surface area contributed by atoms with Crippen molar-refractivity contribution in [2.75, 3.05) is 0 Å². The van der Waals surface area contributed by atoms with Gasteiger partial charge in [0.25, 0.3) is 0 Å². The van der Waals surface area contributed by atoms with Crippen molar-refractivity contribution in [2.45, 2.75) is 189 Å². The maximum atomic E-state index is 5.19. The number of hydrogen-bond donors (Lipinski definition) is 0. The van der Waals surface area contributed by atoms with Crippen molar-refractivity contribution in [3.63, 3.8) is 0 Å². The highest BCUT2D eigenvalue weighted by atomic mass is 14.0. The Morgan fingerprint density at radius 3 is 1.30 bits per heavy atom. The van der Waals surface area contributed by atoms with E-state index in [1.165, 1.54) is 127 Å². The van der Waals surface area contributed by atoms with Gasteiger partial charge in [0.2, 0.25) is 6.58 Å². The first-order chi connectivity index (χ1) is 24.5. The van der Waals surface area contributed by atoms with E-state index in [9.17, 15) is 0 Å². The van der Waals surface area contributed by atoms with Gasteiger partial charge in [-0.1, -0.05) is 197 Å². The van der Waals surface area contributed by atoms with Gasteiger partial charge in [-0.15, -0.1) is 6.58 Å². The summed E-state index contributed by atoms with van der Waals surface area (Å²) in [5, 5.41) is 0. The van der Waals surface area contributed by atoms with Gasteiger partial charge in [0.1, 0.15) is 0 Å². The Morgan fingerprint density at radius 2 is 0.920 bits per heavy atom. The highest BCUT2D eigenvalue weighted by Crippen LogP contribution is 2.17. The maximum Gasteiger partial charge on any atom is 0.201 e. The molecule has 0 amide bonds. The van der Waals surface area contributed by atoms with Crippen molar-refractivity contribution >= 4 is 0 Å². The van der Waals surface area contributed by atoms with E-state index in [0.717, 1.165) is 12.8 Å². The molecule has 0 spiro atoms. The van der Waals surface area contributed by atoms with Crippen LogP contribution in [-0.2, 0) is 0 Å². The Morgan fingerprint density at radius 1 is 0.540 bits per heavy atom. The molecule has 0 aromatic heterocycles. The van der Waals surface area contributed by atoms with Crippen LogP contribution in [-0.4, -0.2) is 0 Å². The third kappa shape index (κ3) is 39.6. The average Bonchev–Trinajstić information content (AvgIpc) is 3.17. The average molecular weight is 685 g/mol. The Kier molecular flexibility index (Phi) is 47.6. The molecule has 0 radical (unpaired) electrons. The molecule has 0 N–H and O–H groups in total. The van der Waals surface area contributed by atoms with E-state index < -0.39 is 0 Å². The number of unbranched alkanes of at least 4 members (excludes halogenated alkanes) is 16. The molecule has 0 heteroatoms. The minimum absolute atomic E-state index is 0.473. The summed E-state index contributed by atoms with van der Waals surface area (Å²) < 4.78 is 0. The second-order valence-corrected chi connectivity index (χ2v) is 13.0. The number of rotatable bonds is 24. The monoisotopic (exact) mass is 685 g/mol. The molecule has 50 heavy (non-hydrogen) atoms. The molecule has 0 saturated carbocycles. The van der Waals surface area contributed by atoms with E-state index in [1.54, 1.807) is 6.08 Å². The van der Waals surface area contributed by atoms with Gasteiger partial charge in [-0.05, 0) is 80.8 Å². The van der Waals surface area contributed by atoms with Crippen LogP contribution in [0.5, 0.6) is 0 Å². The van der Waals surface area contributed by atoms with E-state index in [1.807, 2.05) is 26.0 Å². The summed E-state index contributed by atoms with van der Waals surface area (Å²) in [6, 6.07) is 21.1. The number of allylic oxidation sites excluding steroid dienone is 6. The lowest BCUT2D eigenvalue weighted by Crippen LogP contribution is -1.87.